The van der Waals surface area contributed by atoms with Crippen molar-refractivity contribution in [1.82, 2.24) is 10.2 Å². The van der Waals surface area contributed by atoms with Crippen molar-refractivity contribution in [3.8, 4) is 0 Å². The third-order valence-corrected chi connectivity index (χ3v) is 5.17. The van der Waals surface area contributed by atoms with Crippen molar-refractivity contribution in [2.75, 3.05) is 31.5 Å². The Morgan fingerprint density at radius 3 is 2.61 bits per heavy atom. The maximum atomic E-state index is 12.2. The Hall–Kier alpha value is -1.39. The van der Waals surface area contributed by atoms with Gasteiger partial charge in [-0.15, -0.1) is 0 Å². The number of carbonyl (C=O) groups excluding carboxylic acids is 1. The molecule has 0 aliphatic carbocycles. The molecule has 1 aromatic carbocycles. The number of benzene rings is 1. The van der Waals surface area contributed by atoms with Crippen LogP contribution in [0.2, 0.25) is 0 Å². The molecule has 0 spiro atoms. The molecule has 2 aliphatic heterocycles. The molecule has 2 aliphatic rings. The van der Waals surface area contributed by atoms with Gasteiger partial charge in [0.1, 0.15) is 0 Å². The molecule has 1 amide bonds. The first-order chi connectivity index (χ1) is 11.2. The highest BCUT2D eigenvalue weighted by molar-refractivity contribution is 5.92. The van der Waals surface area contributed by atoms with E-state index in [-0.39, 0.29) is 11.8 Å². The zero-order chi connectivity index (χ0) is 16.1. The van der Waals surface area contributed by atoms with Crippen molar-refractivity contribution in [3.05, 3.63) is 29.8 Å². The average molecular weight is 315 g/mol. The molecule has 2 saturated heterocycles. The van der Waals surface area contributed by atoms with E-state index in [1.54, 1.807) is 0 Å². The Balaban J connectivity index is 1.49. The molecule has 0 saturated carbocycles. The highest BCUT2D eigenvalue weighted by Crippen LogP contribution is 2.19. The normalized spacial score (nSPS) is 23.6. The van der Waals surface area contributed by atoms with Crippen LogP contribution in [0.1, 0.15) is 38.2 Å². The molecule has 126 valence electrons. The number of likely N-dealkylation sites (tertiary alicyclic amines) is 1. The fourth-order valence-electron chi connectivity index (χ4n) is 3.49. The molecule has 4 nitrogen and oxygen atoms in total. The Morgan fingerprint density at radius 2 is 1.96 bits per heavy atom. The van der Waals surface area contributed by atoms with Gasteiger partial charge in [-0.2, -0.15) is 0 Å². The summed E-state index contributed by atoms with van der Waals surface area (Å²) in [6.07, 6.45) is 4.70. The maximum absolute atomic E-state index is 12.2. The minimum absolute atomic E-state index is 0.110. The van der Waals surface area contributed by atoms with Crippen LogP contribution in [0.3, 0.4) is 0 Å². The van der Waals surface area contributed by atoms with Crippen molar-refractivity contribution in [2.24, 2.45) is 11.8 Å². The average Bonchev–Trinajstić information content (AvgIpc) is 2.59. The van der Waals surface area contributed by atoms with Crippen LogP contribution in [0.15, 0.2) is 24.3 Å². The van der Waals surface area contributed by atoms with E-state index in [9.17, 15) is 4.79 Å². The van der Waals surface area contributed by atoms with Crippen LogP contribution in [0.4, 0.5) is 5.69 Å². The first kappa shape index (κ1) is 16.5. The number of rotatable bonds is 4. The standard InChI is InChI=1S/C19H29N3O/c1-15-8-11-22(12-9-15)14-16-4-6-18(7-5-16)21-19(23)17-3-2-10-20-13-17/h4-7,15,17,20H,2-3,8-14H2,1H3,(H,21,23). The number of anilines is 1. The van der Waals surface area contributed by atoms with E-state index < -0.39 is 0 Å². The second-order valence-electron chi connectivity index (χ2n) is 7.19. The monoisotopic (exact) mass is 315 g/mol. The van der Waals surface area contributed by atoms with Gasteiger partial charge in [-0.05, 0) is 68.9 Å². The van der Waals surface area contributed by atoms with Gasteiger partial charge in [0.2, 0.25) is 5.91 Å². The van der Waals surface area contributed by atoms with Crippen LogP contribution in [0.25, 0.3) is 0 Å². The maximum Gasteiger partial charge on any atom is 0.228 e. The fraction of sp³-hybridized carbons (Fsp3) is 0.632. The Kier molecular flexibility index (Phi) is 5.68. The van der Waals surface area contributed by atoms with Crippen molar-refractivity contribution >= 4 is 11.6 Å². The summed E-state index contributed by atoms with van der Waals surface area (Å²) in [6, 6.07) is 8.37. The fourth-order valence-corrected chi connectivity index (χ4v) is 3.49. The first-order valence-corrected chi connectivity index (χ1v) is 9.03. The van der Waals surface area contributed by atoms with Gasteiger partial charge in [-0.3, -0.25) is 9.69 Å². The number of hydrogen-bond donors (Lipinski definition) is 2. The Bertz CT molecular complexity index is 500. The highest BCUT2D eigenvalue weighted by Gasteiger charge is 2.21. The van der Waals surface area contributed by atoms with E-state index in [2.05, 4.69) is 34.6 Å². The Morgan fingerprint density at radius 1 is 1.22 bits per heavy atom. The van der Waals surface area contributed by atoms with Gasteiger partial charge in [0.25, 0.3) is 0 Å². The van der Waals surface area contributed by atoms with Crippen LogP contribution < -0.4 is 10.6 Å². The minimum atomic E-state index is 0.110. The first-order valence-electron chi connectivity index (χ1n) is 9.03. The van der Waals surface area contributed by atoms with Crippen LogP contribution in [0.5, 0.6) is 0 Å². The van der Waals surface area contributed by atoms with E-state index in [0.29, 0.717) is 0 Å². The second kappa shape index (κ2) is 7.93. The summed E-state index contributed by atoms with van der Waals surface area (Å²) >= 11 is 0. The van der Waals surface area contributed by atoms with Crippen LogP contribution in [0, 0.1) is 11.8 Å². The molecule has 2 N–H and O–H groups in total. The van der Waals surface area contributed by atoms with Crippen molar-refractivity contribution in [3.63, 3.8) is 0 Å². The summed E-state index contributed by atoms with van der Waals surface area (Å²) in [5.74, 6) is 1.13. The van der Waals surface area contributed by atoms with E-state index in [4.69, 9.17) is 0 Å². The summed E-state index contributed by atoms with van der Waals surface area (Å²) in [5, 5.41) is 6.35. The summed E-state index contributed by atoms with van der Waals surface area (Å²) in [4.78, 5) is 14.8. The van der Waals surface area contributed by atoms with Gasteiger partial charge in [0.05, 0.1) is 5.92 Å². The topological polar surface area (TPSA) is 44.4 Å². The highest BCUT2D eigenvalue weighted by atomic mass is 16.1. The quantitative estimate of drug-likeness (QED) is 0.898. The molecule has 3 rings (SSSR count). The molecule has 2 fully saturated rings. The van der Waals surface area contributed by atoms with Gasteiger partial charge in [0.15, 0.2) is 0 Å². The van der Waals surface area contributed by atoms with Gasteiger partial charge in [0, 0.05) is 18.8 Å². The molecule has 0 bridgehead atoms. The number of nitrogens with one attached hydrogen (secondary N) is 2. The van der Waals surface area contributed by atoms with Gasteiger partial charge in [-0.25, -0.2) is 0 Å². The molecule has 23 heavy (non-hydrogen) atoms. The lowest BCUT2D eigenvalue weighted by molar-refractivity contribution is -0.120. The zero-order valence-electron chi connectivity index (χ0n) is 14.2. The lowest BCUT2D eigenvalue weighted by Gasteiger charge is -2.30. The Labute approximate surface area is 139 Å². The van der Waals surface area contributed by atoms with Crippen molar-refractivity contribution < 1.29 is 4.79 Å². The van der Waals surface area contributed by atoms with Crippen molar-refractivity contribution in [1.29, 1.82) is 0 Å². The van der Waals surface area contributed by atoms with E-state index >= 15 is 0 Å². The van der Waals surface area contributed by atoms with Crippen LogP contribution in [-0.4, -0.2) is 37.0 Å². The molecule has 1 aromatic rings. The molecule has 1 unspecified atom stereocenters. The van der Waals surface area contributed by atoms with Gasteiger partial charge < -0.3 is 10.6 Å². The number of carbonyl (C=O) groups is 1. The smallest absolute Gasteiger partial charge is 0.228 e. The molecule has 4 heteroatoms. The third-order valence-electron chi connectivity index (χ3n) is 5.17. The molecule has 1 atom stereocenters. The van der Waals surface area contributed by atoms with Crippen LogP contribution in [-0.2, 0) is 11.3 Å². The largest absolute Gasteiger partial charge is 0.326 e. The molecule has 2 heterocycles. The molecule has 0 aromatic heterocycles. The van der Waals surface area contributed by atoms with E-state index in [1.807, 2.05) is 12.1 Å². The summed E-state index contributed by atoms with van der Waals surface area (Å²) in [6.45, 7) is 7.61. The summed E-state index contributed by atoms with van der Waals surface area (Å²) in [5.41, 5.74) is 2.24. The SMILES string of the molecule is CC1CCN(Cc2ccc(NC(=O)C3CCCNC3)cc2)CC1. The molecule has 0 radical (unpaired) electrons. The van der Waals surface area contributed by atoms with E-state index in [1.165, 1.54) is 31.5 Å². The lowest BCUT2D eigenvalue weighted by atomic mass is 9.98. The summed E-state index contributed by atoms with van der Waals surface area (Å²) < 4.78 is 0. The predicted molar refractivity (Wildman–Crippen MR) is 94.3 cm³/mol. The number of amides is 1. The van der Waals surface area contributed by atoms with Gasteiger partial charge in [-0.1, -0.05) is 19.1 Å². The second-order valence-corrected chi connectivity index (χ2v) is 7.19. The molecular weight excluding hydrogens is 286 g/mol. The third kappa shape index (κ3) is 4.79. The predicted octanol–water partition coefficient (Wildman–Crippen LogP) is 2.86. The van der Waals surface area contributed by atoms with Gasteiger partial charge >= 0.3 is 0 Å². The number of piperidine rings is 2. The lowest BCUT2D eigenvalue weighted by Crippen LogP contribution is -2.37. The summed E-state index contributed by atoms with van der Waals surface area (Å²) in [7, 11) is 0. The zero-order valence-corrected chi connectivity index (χ0v) is 14.2. The number of hydrogen-bond acceptors (Lipinski definition) is 3. The minimum Gasteiger partial charge on any atom is -0.326 e. The number of nitrogens with zero attached hydrogens (tertiary/aromatic N) is 1. The van der Waals surface area contributed by atoms with E-state index in [0.717, 1.165) is 44.1 Å². The molecular formula is C19H29N3O. The van der Waals surface area contributed by atoms with Crippen molar-refractivity contribution in [2.45, 2.75) is 39.2 Å². The van der Waals surface area contributed by atoms with Crippen LogP contribution >= 0.6 is 0 Å².